The Morgan fingerprint density at radius 3 is 2.72 bits per heavy atom. The van der Waals surface area contributed by atoms with Crippen molar-refractivity contribution >= 4 is 17.7 Å². The largest absolute Gasteiger partial charge is 0.508 e. The van der Waals surface area contributed by atoms with Crippen molar-refractivity contribution in [2.75, 3.05) is 6.54 Å². The van der Waals surface area contributed by atoms with Gasteiger partial charge in [0.2, 0.25) is 5.91 Å². The van der Waals surface area contributed by atoms with E-state index < -0.39 is 0 Å². The van der Waals surface area contributed by atoms with E-state index in [9.17, 15) is 9.90 Å². The Hall–Kier alpha value is -1.16. The molecule has 0 aliphatic carbocycles. The zero-order valence-electron chi connectivity index (χ0n) is 11.1. The van der Waals surface area contributed by atoms with Crippen LogP contribution in [0.15, 0.2) is 29.2 Å². The van der Waals surface area contributed by atoms with Crippen molar-refractivity contribution in [3.8, 4) is 5.75 Å². The quantitative estimate of drug-likeness (QED) is 0.779. The highest BCUT2D eigenvalue weighted by Crippen LogP contribution is 2.26. The van der Waals surface area contributed by atoms with Crippen LogP contribution in [0, 0.1) is 5.92 Å². The number of amides is 1. The molecule has 0 heterocycles. The zero-order chi connectivity index (χ0) is 13.5. The summed E-state index contributed by atoms with van der Waals surface area (Å²) < 4.78 is 0. The number of phenolic OH excluding ortho intramolecular Hbond substituents is 1. The maximum atomic E-state index is 11.8. The van der Waals surface area contributed by atoms with Gasteiger partial charge in [-0.2, -0.15) is 0 Å². The summed E-state index contributed by atoms with van der Waals surface area (Å²) in [6.07, 6.45) is 0.995. The summed E-state index contributed by atoms with van der Waals surface area (Å²) in [5.74, 6) is 0.871. The van der Waals surface area contributed by atoms with Crippen LogP contribution in [0.25, 0.3) is 0 Å². The van der Waals surface area contributed by atoms with Crippen LogP contribution in [0.3, 0.4) is 0 Å². The second-order valence-electron chi connectivity index (χ2n) is 4.73. The highest BCUT2D eigenvalue weighted by Gasteiger charge is 2.14. The molecule has 4 heteroatoms. The van der Waals surface area contributed by atoms with Crippen molar-refractivity contribution in [3.63, 3.8) is 0 Å². The number of hydrogen-bond donors (Lipinski definition) is 2. The molecule has 18 heavy (non-hydrogen) atoms. The minimum Gasteiger partial charge on any atom is -0.508 e. The van der Waals surface area contributed by atoms with Crippen LogP contribution in [0.1, 0.15) is 27.2 Å². The van der Waals surface area contributed by atoms with Crippen molar-refractivity contribution in [1.29, 1.82) is 0 Å². The van der Waals surface area contributed by atoms with Crippen molar-refractivity contribution in [3.05, 3.63) is 24.3 Å². The second kappa shape index (κ2) is 7.31. The number of aromatic hydroxyl groups is 1. The van der Waals surface area contributed by atoms with Crippen LogP contribution < -0.4 is 5.32 Å². The molecular formula is C14H21NO2S. The Kier molecular flexibility index (Phi) is 6.05. The summed E-state index contributed by atoms with van der Waals surface area (Å²) in [5, 5.41) is 12.1. The summed E-state index contributed by atoms with van der Waals surface area (Å²) in [6, 6.07) is 6.96. The van der Waals surface area contributed by atoms with E-state index in [4.69, 9.17) is 0 Å². The molecule has 1 aromatic rings. The Labute approximate surface area is 113 Å². The number of thioether (sulfide) groups is 1. The number of nitrogens with one attached hydrogen (secondary N) is 1. The molecular weight excluding hydrogens is 246 g/mol. The first-order valence-corrected chi connectivity index (χ1v) is 7.10. The molecule has 0 spiro atoms. The molecule has 0 radical (unpaired) electrons. The van der Waals surface area contributed by atoms with E-state index >= 15 is 0 Å². The van der Waals surface area contributed by atoms with E-state index in [1.807, 2.05) is 13.0 Å². The lowest BCUT2D eigenvalue weighted by Crippen LogP contribution is -2.32. The van der Waals surface area contributed by atoms with E-state index in [1.165, 1.54) is 11.8 Å². The number of hydrogen-bond acceptors (Lipinski definition) is 3. The molecule has 1 atom stereocenters. The Morgan fingerprint density at radius 1 is 1.39 bits per heavy atom. The third-order valence-electron chi connectivity index (χ3n) is 2.52. The smallest absolute Gasteiger partial charge is 0.233 e. The summed E-state index contributed by atoms with van der Waals surface area (Å²) in [7, 11) is 0. The molecule has 0 aromatic heterocycles. The topological polar surface area (TPSA) is 49.3 Å². The van der Waals surface area contributed by atoms with Crippen molar-refractivity contribution in [1.82, 2.24) is 5.32 Å². The molecule has 0 aliphatic heterocycles. The van der Waals surface area contributed by atoms with Crippen molar-refractivity contribution in [2.45, 2.75) is 37.3 Å². The molecule has 0 bridgehead atoms. The molecule has 1 rings (SSSR count). The third-order valence-corrected chi connectivity index (χ3v) is 3.61. The van der Waals surface area contributed by atoms with E-state index in [1.54, 1.807) is 18.2 Å². The molecule has 100 valence electrons. The zero-order valence-corrected chi connectivity index (χ0v) is 12.0. The molecule has 0 saturated carbocycles. The van der Waals surface area contributed by atoms with Gasteiger partial charge in [-0.3, -0.25) is 4.79 Å². The van der Waals surface area contributed by atoms with E-state index in [2.05, 4.69) is 19.2 Å². The molecule has 0 aliphatic rings. The highest BCUT2D eigenvalue weighted by atomic mass is 32.2. The third kappa shape index (κ3) is 5.45. The standard InChI is InChI=1S/C14H21NO2S/c1-10(2)7-8-15-14(17)11(3)18-13-6-4-5-12(16)9-13/h4-6,9-11,16H,7-8H2,1-3H3,(H,15,17). The Balaban J connectivity index is 2.40. The van der Waals surface area contributed by atoms with Gasteiger partial charge in [0.15, 0.2) is 0 Å². The summed E-state index contributed by atoms with van der Waals surface area (Å²) in [6.45, 7) is 6.87. The normalized spacial score (nSPS) is 12.4. The van der Waals surface area contributed by atoms with Gasteiger partial charge in [0.25, 0.3) is 0 Å². The van der Waals surface area contributed by atoms with Gasteiger partial charge in [-0.1, -0.05) is 19.9 Å². The van der Waals surface area contributed by atoms with Crippen LogP contribution in [0.5, 0.6) is 5.75 Å². The second-order valence-corrected chi connectivity index (χ2v) is 6.15. The fourth-order valence-corrected chi connectivity index (χ4v) is 2.39. The molecule has 1 amide bonds. The van der Waals surface area contributed by atoms with E-state index in [0.29, 0.717) is 5.92 Å². The Morgan fingerprint density at radius 2 is 2.11 bits per heavy atom. The predicted octanol–water partition coefficient (Wildman–Crippen LogP) is 3.04. The maximum absolute atomic E-state index is 11.8. The average molecular weight is 267 g/mol. The summed E-state index contributed by atoms with van der Waals surface area (Å²) >= 11 is 1.45. The average Bonchev–Trinajstić information content (AvgIpc) is 2.28. The number of carbonyl (C=O) groups excluding carboxylic acids is 1. The number of rotatable bonds is 6. The summed E-state index contributed by atoms with van der Waals surface area (Å²) in [4.78, 5) is 12.7. The minimum absolute atomic E-state index is 0.0454. The van der Waals surface area contributed by atoms with Crippen LogP contribution in [-0.4, -0.2) is 22.8 Å². The van der Waals surface area contributed by atoms with Gasteiger partial charge in [-0.05, 0) is 37.5 Å². The van der Waals surface area contributed by atoms with Gasteiger partial charge in [0, 0.05) is 11.4 Å². The fraction of sp³-hybridized carbons (Fsp3) is 0.500. The lowest BCUT2D eigenvalue weighted by molar-refractivity contribution is -0.120. The first-order chi connectivity index (χ1) is 8.49. The van der Waals surface area contributed by atoms with Crippen LogP contribution in [-0.2, 0) is 4.79 Å². The number of phenols is 1. The lowest BCUT2D eigenvalue weighted by Gasteiger charge is -2.12. The molecule has 1 aromatic carbocycles. The predicted molar refractivity (Wildman–Crippen MR) is 75.9 cm³/mol. The van der Waals surface area contributed by atoms with Gasteiger partial charge in [0.1, 0.15) is 5.75 Å². The number of benzene rings is 1. The first kappa shape index (κ1) is 14.9. The number of carbonyl (C=O) groups is 1. The van der Waals surface area contributed by atoms with Gasteiger partial charge in [-0.15, -0.1) is 11.8 Å². The molecule has 1 unspecified atom stereocenters. The Bertz CT molecular complexity index is 393. The van der Waals surface area contributed by atoms with Gasteiger partial charge < -0.3 is 10.4 Å². The fourth-order valence-electron chi connectivity index (χ4n) is 1.44. The molecule has 0 fully saturated rings. The van der Waals surface area contributed by atoms with Crippen LogP contribution >= 0.6 is 11.8 Å². The van der Waals surface area contributed by atoms with E-state index in [-0.39, 0.29) is 16.9 Å². The van der Waals surface area contributed by atoms with Gasteiger partial charge >= 0.3 is 0 Å². The van der Waals surface area contributed by atoms with Crippen molar-refractivity contribution in [2.24, 2.45) is 5.92 Å². The van der Waals surface area contributed by atoms with Crippen LogP contribution in [0.4, 0.5) is 0 Å². The molecule has 2 N–H and O–H groups in total. The van der Waals surface area contributed by atoms with Crippen LogP contribution in [0.2, 0.25) is 0 Å². The molecule has 3 nitrogen and oxygen atoms in total. The maximum Gasteiger partial charge on any atom is 0.233 e. The van der Waals surface area contributed by atoms with E-state index in [0.717, 1.165) is 17.9 Å². The van der Waals surface area contributed by atoms with Gasteiger partial charge in [0.05, 0.1) is 5.25 Å². The highest BCUT2D eigenvalue weighted by molar-refractivity contribution is 8.00. The first-order valence-electron chi connectivity index (χ1n) is 6.22. The minimum atomic E-state index is -0.154. The monoisotopic (exact) mass is 267 g/mol. The van der Waals surface area contributed by atoms with Crippen molar-refractivity contribution < 1.29 is 9.90 Å². The SMILES string of the molecule is CC(C)CCNC(=O)C(C)Sc1cccc(O)c1. The van der Waals surface area contributed by atoms with Gasteiger partial charge in [-0.25, -0.2) is 0 Å². The lowest BCUT2D eigenvalue weighted by atomic mass is 10.1. The molecule has 0 saturated heterocycles. The summed E-state index contributed by atoms with van der Waals surface area (Å²) in [5.41, 5.74) is 0.